The molecule has 0 aliphatic rings. The number of aryl methyl sites for hydroxylation is 1. The zero-order valence-electron chi connectivity index (χ0n) is 15.8. The van der Waals surface area contributed by atoms with E-state index < -0.39 is 6.04 Å². The van der Waals surface area contributed by atoms with Crippen LogP contribution >= 0.6 is 0 Å². The molecule has 2 aromatic heterocycles. The molecule has 3 aromatic rings. The highest BCUT2D eigenvalue weighted by molar-refractivity contribution is 6.05. The number of nitrogens with one attached hydrogen (secondary N) is 1. The molecule has 1 amide bonds. The lowest BCUT2D eigenvalue weighted by molar-refractivity contribution is 0.0881. The fourth-order valence-corrected chi connectivity index (χ4v) is 2.92. The van der Waals surface area contributed by atoms with Crippen LogP contribution in [0.3, 0.4) is 0 Å². The maximum atomic E-state index is 13.1. The van der Waals surface area contributed by atoms with Crippen LogP contribution in [0.15, 0.2) is 28.7 Å². The summed E-state index contributed by atoms with van der Waals surface area (Å²) in [5.41, 5.74) is 12.0. The SMILES string of the molecule is CC(C)(C)[C@H](NC(=O)c1nn(CCCN)c2ccccc12)c1nnc(N)o1. The Balaban J connectivity index is 1.95. The van der Waals surface area contributed by atoms with Crippen molar-refractivity contribution in [2.75, 3.05) is 12.3 Å². The molecule has 9 heteroatoms. The van der Waals surface area contributed by atoms with E-state index in [-0.39, 0.29) is 23.2 Å². The fraction of sp³-hybridized carbons (Fsp3) is 0.444. The molecule has 5 N–H and O–H groups in total. The Bertz CT molecular complexity index is 939. The van der Waals surface area contributed by atoms with Gasteiger partial charge in [0, 0.05) is 11.9 Å². The Morgan fingerprint density at radius 1 is 1.30 bits per heavy atom. The summed E-state index contributed by atoms with van der Waals surface area (Å²) in [5, 5.41) is 15.9. The summed E-state index contributed by atoms with van der Waals surface area (Å²) < 4.78 is 7.17. The van der Waals surface area contributed by atoms with Crippen LogP contribution in [0, 0.1) is 5.41 Å². The molecule has 0 bridgehead atoms. The highest BCUT2D eigenvalue weighted by Crippen LogP contribution is 2.33. The topological polar surface area (TPSA) is 138 Å². The van der Waals surface area contributed by atoms with Gasteiger partial charge in [0.05, 0.1) is 5.52 Å². The number of rotatable bonds is 6. The highest BCUT2D eigenvalue weighted by atomic mass is 16.4. The minimum absolute atomic E-state index is 0.0370. The first-order valence-corrected chi connectivity index (χ1v) is 8.86. The van der Waals surface area contributed by atoms with E-state index in [1.807, 2.05) is 49.7 Å². The molecule has 0 saturated carbocycles. The monoisotopic (exact) mass is 371 g/mol. The molecule has 0 unspecified atom stereocenters. The quantitative estimate of drug-likeness (QED) is 0.601. The van der Waals surface area contributed by atoms with Crippen molar-refractivity contribution in [3.8, 4) is 0 Å². The number of nitrogen functional groups attached to an aromatic ring is 1. The first-order chi connectivity index (χ1) is 12.8. The standard InChI is InChI=1S/C18H25N7O2/c1-18(2,3)14(16-22-23-17(20)27-16)21-15(26)13-11-7-4-5-8-12(11)25(24-13)10-6-9-19/h4-5,7-8,14H,6,9-10,19H2,1-3H3,(H2,20,23)(H,21,26)/t14-/m1/s1. The van der Waals surface area contributed by atoms with E-state index in [9.17, 15) is 4.79 Å². The van der Waals surface area contributed by atoms with Gasteiger partial charge in [0.15, 0.2) is 5.69 Å². The third-order valence-corrected chi connectivity index (χ3v) is 4.29. The van der Waals surface area contributed by atoms with Gasteiger partial charge >= 0.3 is 6.01 Å². The molecule has 1 atom stereocenters. The van der Waals surface area contributed by atoms with Gasteiger partial charge in [0.25, 0.3) is 5.91 Å². The number of hydrogen-bond acceptors (Lipinski definition) is 7. The van der Waals surface area contributed by atoms with E-state index in [4.69, 9.17) is 15.9 Å². The summed E-state index contributed by atoms with van der Waals surface area (Å²) in [4.78, 5) is 13.1. The zero-order valence-corrected chi connectivity index (χ0v) is 15.8. The third kappa shape index (κ3) is 3.92. The van der Waals surface area contributed by atoms with Crippen LogP contribution in [0.1, 0.15) is 49.6 Å². The van der Waals surface area contributed by atoms with Crippen LogP contribution in [-0.2, 0) is 6.54 Å². The molecule has 2 heterocycles. The summed E-state index contributed by atoms with van der Waals surface area (Å²) in [6, 6.07) is 7.08. The van der Waals surface area contributed by atoms with E-state index in [1.165, 1.54) is 0 Å². The lowest BCUT2D eigenvalue weighted by Gasteiger charge is -2.28. The summed E-state index contributed by atoms with van der Waals surface area (Å²) in [7, 11) is 0. The second kappa shape index (κ2) is 7.36. The van der Waals surface area contributed by atoms with Gasteiger partial charge in [0.2, 0.25) is 5.89 Å². The fourth-order valence-electron chi connectivity index (χ4n) is 2.92. The lowest BCUT2D eigenvalue weighted by Crippen LogP contribution is -2.37. The Morgan fingerprint density at radius 3 is 2.67 bits per heavy atom. The number of nitrogens with zero attached hydrogens (tertiary/aromatic N) is 4. The van der Waals surface area contributed by atoms with Crippen molar-refractivity contribution < 1.29 is 9.21 Å². The summed E-state index contributed by atoms with van der Waals surface area (Å²) in [6.07, 6.45) is 0.776. The summed E-state index contributed by atoms with van der Waals surface area (Å²) in [5.74, 6) is -0.0467. The second-order valence-electron chi connectivity index (χ2n) is 7.48. The molecule has 144 valence electrons. The summed E-state index contributed by atoms with van der Waals surface area (Å²) >= 11 is 0. The molecule has 0 aliphatic carbocycles. The summed E-state index contributed by atoms with van der Waals surface area (Å²) in [6.45, 7) is 7.11. The normalized spacial score (nSPS) is 13.0. The molecule has 0 aliphatic heterocycles. The smallest absolute Gasteiger partial charge is 0.312 e. The Morgan fingerprint density at radius 2 is 2.04 bits per heavy atom. The molecule has 9 nitrogen and oxygen atoms in total. The number of aromatic nitrogens is 4. The van der Waals surface area contributed by atoms with Gasteiger partial charge in [-0.3, -0.25) is 9.48 Å². The number of nitrogens with two attached hydrogens (primary N) is 2. The average Bonchev–Trinajstić information content (AvgIpc) is 3.20. The van der Waals surface area contributed by atoms with Crippen LogP contribution in [0.4, 0.5) is 6.01 Å². The van der Waals surface area contributed by atoms with Crippen molar-refractivity contribution in [2.45, 2.75) is 39.8 Å². The third-order valence-electron chi connectivity index (χ3n) is 4.29. The van der Waals surface area contributed by atoms with Gasteiger partial charge in [-0.15, -0.1) is 5.10 Å². The van der Waals surface area contributed by atoms with Gasteiger partial charge in [-0.05, 0) is 24.4 Å². The van der Waals surface area contributed by atoms with Gasteiger partial charge in [-0.1, -0.05) is 44.1 Å². The minimum Gasteiger partial charge on any atom is -0.406 e. The Hall–Kier alpha value is -2.94. The molecule has 3 rings (SSSR count). The molecular weight excluding hydrogens is 346 g/mol. The number of carbonyl (C=O) groups is 1. The van der Waals surface area contributed by atoms with Crippen molar-refractivity contribution >= 4 is 22.8 Å². The molecule has 27 heavy (non-hydrogen) atoms. The first-order valence-electron chi connectivity index (χ1n) is 8.86. The van der Waals surface area contributed by atoms with E-state index in [2.05, 4.69) is 20.6 Å². The van der Waals surface area contributed by atoms with Crippen LogP contribution in [0.2, 0.25) is 0 Å². The number of para-hydroxylation sites is 1. The molecule has 0 spiro atoms. The number of fused-ring (bicyclic) bond motifs is 1. The number of hydrogen-bond donors (Lipinski definition) is 3. The van der Waals surface area contributed by atoms with Crippen molar-refractivity contribution in [3.63, 3.8) is 0 Å². The van der Waals surface area contributed by atoms with Crippen molar-refractivity contribution in [2.24, 2.45) is 11.1 Å². The van der Waals surface area contributed by atoms with E-state index in [0.29, 0.717) is 18.8 Å². The van der Waals surface area contributed by atoms with Crippen molar-refractivity contribution in [1.82, 2.24) is 25.3 Å². The van der Waals surface area contributed by atoms with Gasteiger partial charge in [-0.25, -0.2) is 0 Å². The number of amides is 1. The van der Waals surface area contributed by atoms with Crippen LogP contribution in [0.25, 0.3) is 10.9 Å². The molecule has 0 radical (unpaired) electrons. The Labute approximate surface area is 157 Å². The van der Waals surface area contributed by atoms with Gasteiger partial charge in [-0.2, -0.15) is 5.10 Å². The van der Waals surface area contributed by atoms with E-state index in [1.54, 1.807) is 0 Å². The average molecular weight is 371 g/mol. The molecule has 0 saturated heterocycles. The first kappa shape index (κ1) is 18.8. The number of anilines is 1. The van der Waals surface area contributed by atoms with Crippen LogP contribution in [0.5, 0.6) is 0 Å². The van der Waals surface area contributed by atoms with Gasteiger partial charge in [0.1, 0.15) is 6.04 Å². The second-order valence-corrected chi connectivity index (χ2v) is 7.48. The van der Waals surface area contributed by atoms with E-state index in [0.717, 1.165) is 17.3 Å². The molecule has 0 fully saturated rings. The molecular formula is C18H25N7O2. The van der Waals surface area contributed by atoms with Crippen molar-refractivity contribution in [3.05, 3.63) is 35.9 Å². The zero-order chi connectivity index (χ0) is 19.6. The van der Waals surface area contributed by atoms with Crippen LogP contribution < -0.4 is 16.8 Å². The maximum Gasteiger partial charge on any atom is 0.312 e. The Kier molecular flexibility index (Phi) is 5.13. The van der Waals surface area contributed by atoms with Crippen molar-refractivity contribution in [1.29, 1.82) is 0 Å². The predicted molar refractivity (Wildman–Crippen MR) is 102 cm³/mol. The number of benzene rings is 1. The van der Waals surface area contributed by atoms with Crippen LogP contribution in [-0.4, -0.2) is 32.4 Å². The molecule has 1 aromatic carbocycles. The van der Waals surface area contributed by atoms with E-state index >= 15 is 0 Å². The lowest BCUT2D eigenvalue weighted by atomic mass is 9.86. The largest absolute Gasteiger partial charge is 0.406 e. The van der Waals surface area contributed by atoms with Gasteiger partial charge < -0.3 is 21.2 Å². The predicted octanol–water partition coefficient (Wildman–Crippen LogP) is 1.87. The number of carbonyl (C=O) groups excluding carboxylic acids is 1. The minimum atomic E-state index is -0.511. The highest BCUT2D eigenvalue weighted by Gasteiger charge is 2.33. The maximum absolute atomic E-state index is 13.1.